The second-order valence-electron chi connectivity index (χ2n) is 6.45. The Balaban J connectivity index is 1.70. The predicted molar refractivity (Wildman–Crippen MR) is 76.5 cm³/mol. The first-order valence-corrected chi connectivity index (χ1v) is 7.71. The van der Waals surface area contributed by atoms with E-state index in [0.29, 0.717) is 32.4 Å². The van der Waals surface area contributed by atoms with Crippen molar-refractivity contribution in [2.75, 3.05) is 19.6 Å². The van der Waals surface area contributed by atoms with E-state index in [1.54, 1.807) is 11.8 Å². The molecule has 0 aromatic rings. The first kappa shape index (κ1) is 15.8. The van der Waals surface area contributed by atoms with Crippen molar-refractivity contribution in [1.82, 2.24) is 10.2 Å². The van der Waals surface area contributed by atoms with Gasteiger partial charge in [-0.3, -0.25) is 14.4 Å². The zero-order chi connectivity index (χ0) is 15.5. The van der Waals surface area contributed by atoms with Gasteiger partial charge in [-0.15, -0.1) is 0 Å². The Morgan fingerprint density at radius 2 is 2.05 bits per heavy atom. The summed E-state index contributed by atoms with van der Waals surface area (Å²) < 4.78 is 0. The quantitative estimate of drug-likeness (QED) is 0.716. The average molecular weight is 296 g/mol. The Morgan fingerprint density at radius 3 is 2.67 bits per heavy atom. The summed E-state index contributed by atoms with van der Waals surface area (Å²) in [6.07, 6.45) is 4.27. The molecule has 2 fully saturated rings. The van der Waals surface area contributed by atoms with E-state index in [1.807, 2.05) is 0 Å². The molecule has 0 radical (unpaired) electrons. The largest absolute Gasteiger partial charge is 0.481 e. The van der Waals surface area contributed by atoms with Gasteiger partial charge in [-0.05, 0) is 39.0 Å². The maximum atomic E-state index is 12.1. The zero-order valence-corrected chi connectivity index (χ0v) is 12.6. The van der Waals surface area contributed by atoms with E-state index in [-0.39, 0.29) is 24.3 Å². The molecule has 1 aliphatic heterocycles. The number of nitrogens with zero attached hydrogens (tertiary/aromatic N) is 1. The highest BCUT2D eigenvalue weighted by atomic mass is 16.4. The number of aliphatic carboxylic acids is 1. The summed E-state index contributed by atoms with van der Waals surface area (Å²) in [6.45, 7) is 3.14. The molecule has 2 aliphatic rings. The summed E-state index contributed by atoms with van der Waals surface area (Å²) in [5.74, 6) is -0.558. The van der Waals surface area contributed by atoms with Gasteiger partial charge < -0.3 is 15.3 Å². The van der Waals surface area contributed by atoms with Crippen LogP contribution in [0.25, 0.3) is 0 Å². The Bertz CT molecular complexity index is 433. The fraction of sp³-hybridized carbons (Fsp3) is 0.800. The van der Waals surface area contributed by atoms with Crippen LogP contribution in [0.15, 0.2) is 0 Å². The first-order chi connectivity index (χ1) is 9.92. The van der Waals surface area contributed by atoms with Gasteiger partial charge in [-0.2, -0.15) is 0 Å². The standard InChI is InChI=1S/C15H24N2O4/c1-15(14(20)21)7-3-9-17(10-15)12(18)4-2-8-16-13(19)11-5-6-11/h11H,2-10H2,1H3,(H,16,19)(H,20,21). The molecule has 6 heteroatoms. The van der Waals surface area contributed by atoms with Crippen LogP contribution >= 0.6 is 0 Å². The Hall–Kier alpha value is -1.59. The molecule has 1 heterocycles. The molecule has 0 aromatic heterocycles. The third-order valence-electron chi connectivity index (χ3n) is 4.38. The smallest absolute Gasteiger partial charge is 0.311 e. The normalized spacial score (nSPS) is 25.5. The number of carbonyl (C=O) groups is 3. The molecule has 1 atom stereocenters. The minimum Gasteiger partial charge on any atom is -0.481 e. The van der Waals surface area contributed by atoms with Crippen LogP contribution in [0, 0.1) is 11.3 Å². The molecule has 2 amide bonds. The molecule has 0 bridgehead atoms. The highest BCUT2D eigenvalue weighted by Gasteiger charge is 2.39. The van der Waals surface area contributed by atoms with E-state index in [1.165, 1.54) is 0 Å². The molecule has 1 saturated carbocycles. The van der Waals surface area contributed by atoms with Gasteiger partial charge in [-0.25, -0.2) is 0 Å². The summed E-state index contributed by atoms with van der Waals surface area (Å²) in [5.41, 5.74) is -0.825. The first-order valence-electron chi connectivity index (χ1n) is 7.71. The topological polar surface area (TPSA) is 86.7 Å². The van der Waals surface area contributed by atoms with Gasteiger partial charge in [0.2, 0.25) is 11.8 Å². The van der Waals surface area contributed by atoms with Crippen molar-refractivity contribution in [3.63, 3.8) is 0 Å². The van der Waals surface area contributed by atoms with Crippen LogP contribution in [0.3, 0.4) is 0 Å². The maximum Gasteiger partial charge on any atom is 0.311 e. The van der Waals surface area contributed by atoms with Crippen LogP contribution < -0.4 is 5.32 Å². The van der Waals surface area contributed by atoms with E-state index in [2.05, 4.69) is 5.32 Å². The highest BCUT2D eigenvalue weighted by molar-refractivity contribution is 5.81. The molecule has 21 heavy (non-hydrogen) atoms. The maximum absolute atomic E-state index is 12.1. The third kappa shape index (κ3) is 4.19. The Kier molecular flexibility index (Phi) is 4.85. The Labute approximate surface area is 124 Å². The van der Waals surface area contributed by atoms with Crippen molar-refractivity contribution >= 4 is 17.8 Å². The van der Waals surface area contributed by atoms with Gasteiger partial charge in [0.15, 0.2) is 0 Å². The van der Waals surface area contributed by atoms with Gasteiger partial charge in [-0.1, -0.05) is 0 Å². The molecule has 0 spiro atoms. The van der Waals surface area contributed by atoms with Crippen LogP contribution in [0.1, 0.15) is 45.4 Å². The van der Waals surface area contributed by atoms with Gasteiger partial charge in [0.25, 0.3) is 0 Å². The monoisotopic (exact) mass is 296 g/mol. The number of carboxylic acid groups (broad SMARTS) is 1. The molecule has 1 unspecified atom stereocenters. The molecule has 1 aliphatic carbocycles. The van der Waals surface area contributed by atoms with Crippen LogP contribution in [-0.2, 0) is 14.4 Å². The predicted octanol–water partition coefficient (Wildman–Crippen LogP) is 1.01. The summed E-state index contributed by atoms with van der Waals surface area (Å²) in [4.78, 5) is 36.5. The number of carboxylic acids is 1. The zero-order valence-electron chi connectivity index (χ0n) is 12.6. The van der Waals surface area contributed by atoms with Gasteiger partial charge in [0.05, 0.1) is 5.41 Å². The number of rotatable bonds is 6. The minimum absolute atomic E-state index is 0.0113. The number of nitrogens with one attached hydrogen (secondary N) is 1. The second-order valence-corrected chi connectivity index (χ2v) is 6.45. The number of hydrogen-bond donors (Lipinski definition) is 2. The lowest BCUT2D eigenvalue weighted by molar-refractivity contribution is -0.153. The van der Waals surface area contributed by atoms with Crippen molar-refractivity contribution in [2.45, 2.75) is 45.4 Å². The number of amides is 2. The molecular weight excluding hydrogens is 272 g/mol. The number of piperidine rings is 1. The van der Waals surface area contributed by atoms with Crippen molar-refractivity contribution in [3.8, 4) is 0 Å². The van der Waals surface area contributed by atoms with E-state index < -0.39 is 11.4 Å². The summed E-state index contributed by atoms with van der Waals surface area (Å²) in [5, 5.41) is 12.1. The molecule has 2 rings (SSSR count). The number of hydrogen-bond acceptors (Lipinski definition) is 3. The van der Waals surface area contributed by atoms with E-state index in [9.17, 15) is 19.5 Å². The molecule has 6 nitrogen and oxygen atoms in total. The van der Waals surface area contributed by atoms with Crippen molar-refractivity contribution in [3.05, 3.63) is 0 Å². The van der Waals surface area contributed by atoms with Crippen LogP contribution in [0.5, 0.6) is 0 Å². The van der Waals surface area contributed by atoms with E-state index in [4.69, 9.17) is 0 Å². The number of carbonyl (C=O) groups excluding carboxylic acids is 2. The molecule has 0 aromatic carbocycles. The lowest BCUT2D eigenvalue weighted by Gasteiger charge is -2.37. The summed E-state index contributed by atoms with van der Waals surface area (Å²) in [7, 11) is 0. The third-order valence-corrected chi connectivity index (χ3v) is 4.38. The second kappa shape index (κ2) is 6.45. The Morgan fingerprint density at radius 1 is 1.33 bits per heavy atom. The number of likely N-dealkylation sites (tertiary alicyclic amines) is 1. The fourth-order valence-electron chi connectivity index (χ4n) is 2.73. The van der Waals surface area contributed by atoms with Gasteiger partial charge in [0.1, 0.15) is 0 Å². The average Bonchev–Trinajstić information content (AvgIpc) is 3.27. The lowest BCUT2D eigenvalue weighted by Crippen LogP contribution is -2.48. The minimum atomic E-state index is -0.836. The van der Waals surface area contributed by atoms with Crippen LogP contribution in [0.2, 0.25) is 0 Å². The lowest BCUT2D eigenvalue weighted by atomic mass is 9.82. The van der Waals surface area contributed by atoms with Gasteiger partial charge in [0, 0.05) is 32.0 Å². The molecular formula is C15H24N2O4. The summed E-state index contributed by atoms with van der Waals surface area (Å²) >= 11 is 0. The van der Waals surface area contributed by atoms with Crippen LogP contribution in [0.4, 0.5) is 0 Å². The van der Waals surface area contributed by atoms with Crippen molar-refractivity contribution < 1.29 is 19.5 Å². The SMILES string of the molecule is CC1(C(=O)O)CCCN(C(=O)CCCNC(=O)C2CC2)C1. The fourth-order valence-corrected chi connectivity index (χ4v) is 2.73. The molecule has 1 saturated heterocycles. The molecule has 118 valence electrons. The van der Waals surface area contributed by atoms with Crippen molar-refractivity contribution in [2.24, 2.45) is 11.3 Å². The summed E-state index contributed by atoms with van der Waals surface area (Å²) in [6, 6.07) is 0. The van der Waals surface area contributed by atoms with Crippen molar-refractivity contribution in [1.29, 1.82) is 0 Å². The van der Waals surface area contributed by atoms with E-state index in [0.717, 1.165) is 19.3 Å². The van der Waals surface area contributed by atoms with E-state index >= 15 is 0 Å². The van der Waals surface area contributed by atoms with Crippen LogP contribution in [-0.4, -0.2) is 47.4 Å². The highest BCUT2D eigenvalue weighted by Crippen LogP contribution is 2.30. The molecule has 2 N–H and O–H groups in total. The van der Waals surface area contributed by atoms with Gasteiger partial charge >= 0.3 is 5.97 Å².